The highest BCUT2D eigenvalue weighted by Gasteiger charge is 2.30. The molecule has 0 spiro atoms. The van der Waals surface area contributed by atoms with Crippen molar-refractivity contribution in [3.63, 3.8) is 0 Å². The summed E-state index contributed by atoms with van der Waals surface area (Å²) in [4.78, 5) is 39.5. The van der Waals surface area contributed by atoms with Crippen molar-refractivity contribution in [1.82, 2.24) is 25.2 Å². The number of aromatic amines is 1. The molecule has 4 heterocycles. The molecule has 1 saturated heterocycles. The fraction of sp³-hybridized carbons (Fsp3) is 0.500. The predicted octanol–water partition coefficient (Wildman–Crippen LogP) is 4.66. The van der Waals surface area contributed by atoms with Gasteiger partial charge in [-0.3, -0.25) is 4.79 Å². The van der Waals surface area contributed by atoms with Crippen LogP contribution < -0.4 is 19.5 Å². The van der Waals surface area contributed by atoms with Crippen LogP contribution >= 0.6 is 0 Å². The summed E-state index contributed by atoms with van der Waals surface area (Å²) in [5, 5.41) is 3.10. The predicted molar refractivity (Wildman–Crippen MR) is 144 cm³/mol. The van der Waals surface area contributed by atoms with E-state index in [1.54, 1.807) is 11.1 Å². The summed E-state index contributed by atoms with van der Waals surface area (Å²) >= 11 is 0. The molecule has 2 aliphatic heterocycles. The summed E-state index contributed by atoms with van der Waals surface area (Å²) in [6, 6.07) is 3.61. The molecule has 208 valence electrons. The van der Waals surface area contributed by atoms with Crippen molar-refractivity contribution in [2.24, 2.45) is 0 Å². The monoisotopic (exact) mass is 537 g/mol. The Bertz CT molecular complexity index is 1360. The first-order valence-corrected chi connectivity index (χ1v) is 13.4. The molecule has 2 aromatic heterocycles. The number of piperidine rings is 1. The summed E-state index contributed by atoms with van der Waals surface area (Å²) in [6.45, 7) is 9.35. The lowest BCUT2D eigenvalue weighted by Gasteiger charge is -2.33. The summed E-state index contributed by atoms with van der Waals surface area (Å²) in [5.41, 5.74) is 2.21. The van der Waals surface area contributed by atoms with E-state index < -0.39 is 5.60 Å². The van der Waals surface area contributed by atoms with Crippen LogP contribution in [0, 0.1) is 0 Å². The van der Waals surface area contributed by atoms with Crippen LogP contribution in [0.4, 0.5) is 4.79 Å². The van der Waals surface area contributed by atoms with Crippen LogP contribution in [0.15, 0.2) is 24.7 Å². The molecule has 0 bridgehead atoms. The van der Waals surface area contributed by atoms with Gasteiger partial charge in [0.1, 0.15) is 28.9 Å². The van der Waals surface area contributed by atoms with Gasteiger partial charge in [-0.05, 0) is 52.2 Å². The van der Waals surface area contributed by atoms with Gasteiger partial charge < -0.3 is 34.1 Å². The third-order valence-corrected chi connectivity index (χ3v) is 6.68. The Labute approximate surface area is 227 Å². The lowest BCUT2D eigenvalue weighted by Crippen LogP contribution is -2.47. The molecule has 1 fully saturated rings. The van der Waals surface area contributed by atoms with Gasteiger partial charge in [0.25, 0.3) is 5.91 Å². The number of carbonyl (C=O) groups excluding carboxylic acids is 2. The van der Waals surface area contributed by atoms with Crippen molar-refractivity contribution in [2.75, 3.05) is 26.5 Å². The van der Waals surface area contributed by atoms with E-state index in [0.717, 1.165) is 12.8 Å². The second-order valence-electron chi connectivity index (χ2n) is 10.7. The molecular weight excluding hydrogens is 502 g/mol. The number of ether oxygens (including phenoxy) is 4. The van der Waals surface area contributed by atoms with E-state index in [4.69, 9.17) is 18.9 Å². The number of hydrogen-bond donors (Lipinski definition) is 2. The second kappa shape index (κ2) is 11.0. The van der Waals surface area contributed by atoms with Crippen molar-refractivity contribution < 1.29 is 28.5 Å². The Balaban J connectivity index is 1.35. The normalized spacial score (nSPS) is 15.4. The number of nitrogens with zero attached hydrogens (tertiary/aromatic N) is 3. The number of hydrogen-bond acceptors (Lipinski definition) is 8. The highest BCUT2D eigenvalue weighted by atomic mass is 16.7. The highest BCUT2D eigenvalue weighted by Crippen LogP contribution is 2.47. The van der Waals surface area contributed by atoms with Crippen LogP contribution in [-0.4, -0.2) is 70.0 Å². The van der Waals surface area contributed by atoms with Gasteiger partial charge in [0.2, 0.25) is 6.79 Å². The number of unbranched alkanes of at least 4 members (excludes halogenated alkanes) is 1. The zero-order valence-electron chi connectivity index (χ0n) is 22.8. The highest BCUT2D eigenvalue weighted by molar-refractivity contribution is 6.08. The molecule has 2 N–H and O–H groups in total. The van der Waals surface area contributed by atoms with Gasteiger partial charge in [0, 0.05) is 25.3 Å². The second-order valence-corrected chi connectivity index (χ2v) is 10.7. The molecule has 39 heavy (non-hydrogen) atoms. The molecule has 1 aromatic carbocycles. The quantitative estimate of drug-likeness (QED) is 0.417. The molecule has 5 rings (SSSR count). The minimum Gasteiger partial charge on any atom is -0.493 e. The van der Waals surface area contributed by atoms with E-state index in [1.165, 1.54) is 6.33 Å². The smallest absolute Gasteiger partial charge is 0.410 e. The zero-order valence-corrected chi connectivity index (χ0v) is 22.8. The number of fused-ring (bicyclic) bond motifs is 2. The third kappa shape index (κ3) is 5.71. The Morgan fingerprint density at radius 3 is 2.72 bits per heavy atom. The number of amides is 2. The molecule has 0 atom stereocenters. The average Bonchev–Trinajstić information content (AvgIpc) is 3.55. The topological polar surface area (TPSA) is 128 Å². The molecular formula is C28H35N5O6. The van der Waals surface area contributed by atoms with Crippen molar-refractivity contribution in [3.8, 4) is 28.5 Å². The summed E-state index contributed by atoms with van der Waals surface area (Å²) in [5.74, 6) is 1.56. The van der Waals surface area contributed by atoms with Crippen LogP contribution in [-0.2, 0) is 4.74 Å². The molecule has 2 amide bonds. The number of H-pyrrole nitrogens is 1. The van der Waals surface area contributed by atoms with E-state index in [2.05, 4.69) is 27.2 Å². The lowest BCUT2D eigenvalue weighted by molar-refractivity contribution is 0.0199. The average molecular weight is 538 g/mol. The first-order chi connectivity index (χ1) is 18.7. The van der Waals surface area contributed by atoms with Crippen LogP contribution in [0.2, 0.25) is 0 Å². The van der Waals surface area contributed by atoms with Crippen LogP contribution in [0.3, 0.4) is 0 Å². The minimum atomic E-state index is -0.542. The molecule has 2 aliphatic rings. The maximum atomic E-state index is 13.3. The summed E-state index contributed by atoms with van der Waals surface area (Å²) in [6.07, 6.45) is 5.95. The van der Waals surface area contributed by atoms with Crippen LogP contribution in [0.1, 0.15) is 63.7 Å². The maximum absolute atomic E-state index is 13.3. The van der Waals surface area contributed by atoms with E-state index in [0.29, 0.717) is 77.6 Å². The van der Waals surface area contributed by atoms with Crippen LogP contribution in [0.25, 0.3) is 22.3 Å². The molecule has 0 aliphatic carbocycles. The Hall–Kier alpha value is -4.02. The Kier molecular flexibility index (Phi) is 7.49. The molecule has 3 aromatic rings. The molecule has 0 unspecified atom stereocenters. The Morgan fingerprint density at radius 2 is 1.97 bits per heavy atom. The zero-order chi connectivity index (χ0) is 27.6. The number of rotatable bonds is 7. The maximum Gasteiger partial charge on any atom is 0.410 e. The van der Waals surface area contributed by atoms with E-state index in [-0.39, 0.29) is 24.8 Å². The van der Waals surface area contributed by atoms with Gasteiger partial charge >= 0.3 is 6.09 Å². The molecule has 0 saturated carbocycles. The summed E-state index contributed by atoms with van der Waals surface area (Å²) < 4.78 is 22.9. The molecule has 11 nitrogen and oxygen atoms in total. The van der Waals surface area contributed by atoms with E-state index in [1.807, 2.05) is 32.9 Å². The molecule has 11 heteroatoms. The fourth-order valence-electron chi connectivity index (χ4n) is 4.72. The number of benzene rings is 1. The fourth-order valence-corrected chi connectivity index (χ4v) is 4.72. The van der Waals surface area contributed by atoms with Crippen LogP contribution in [0.5, 0.6) is 17.2 Å². The Morgan fingerprint density at radius 1 is 1.18 bits per heavy atom. The van der Waals surface area contributed by atoms with Crippen molar-refractivity contribution in [1.29, 1.82) is 0 Å². The first-order valence-electron chi connectivity index (χ1n) is 13.4. The minimum absolute atomic E-state index is 0.0658. The standard InChI is InChI=1S/C28H35N5O6/c1-5-6-13-36-19-7-8-20-25(38-16-37-20)21(19)23-24-22(30-15-31-23)18(14-29-24)26(34)32-17-9-11-33(12-10-17)27(35)39-28(2,3)4/h7-8,14-15,17,29H,5-6,9-13,16H2,1-4H3,(H,32,34). The SMILES string of the molecule is CCCCOc1ccc2c(c1-c1ncnc3c(C(=O)NC4CCN(C(=O)OC(C)(C)C)CC4)c[nH]c13)OCO2. The molecule has 0 radical (unpaired) electrons. The van der Waals surface area contributed by atoms with E-state index in [9.17, 15) is 9.59 Å². The summed E-state index contributed by atoms with van der Waals surface area (Å²) in [7, 11) is 0. The number of likely N-dealkylation sites (tertiary alicyclic amines) is 1. The number of carbonyl (C=O) groups is 2. The van der Waals surface area contributed by atoms with Gasteiger partial charge in [0.15, 0.2) is 11.5 Å². The van der Waals surface area contributed by atoms with Crippen molar-refractivity contribution >= 4 is 23.0 Å². The van der Waals surface area contributed by atoms with E-state index >= 15 is 0 Å². The lowest BCUT2D eigenvalue weighted by atomic mass is 10.0. The van der Waals surface area contributed by atoms with Gasteiger partial charge in [-0.15, -0.1) is 0 Å². The third-order valence-electron chi connectivity index (χ3n) is 6.68. The number of nitrogens with one attached hydrogen (secondary N) is 2. The first kappa shape index (κ1) is 26.6. The largest absolute Gasteiger partial charge is 0.493 e. The van der Waals surface area contributed by atoms with Gasteiger partial charge in [-0.2, -0.15) is 0 Å². The number of aromatic nitrogens is 3. The van der Waals surface area contributed by atoms with Gasteiger partial charge in [0.05, 0.1) is 23.3 Å². The van der Waals surface area contributed by atoms with Crippen molar-refractivity contribution in [2.45, 2.75) is 65.0 Å². The van der Waals surface area contributed by atoms with Gasteiger partial charge in [-0.1, -0.05) is 13.3 Å². The van der Waals surface area contributed by atoms with Gasteiger partial charge in [-0.25, -0.2) is 14.8 Å². The van der Waals surface area contributed by atoms with Crippen molar-refractivity contribution in [3.05, 3.63) is 30.2 Å².